The lowest BCUT2D eigenvalue weighted by atomic mass is 10.3. The van der Waals surface area contributed by atoms with Crippen LogP contribution in [0.15, 0.2) is 18.2 Å². The number of nitrogens with one attached hydrogen (secondary N) is 2. The van der Waals surface area contributed by atoms with Crippen LogP contribution in [0.4, 0.5) is 10.1 Å². The fourth-order valence-corrected chi connectivity index (χ4v) is 1.13. The Kier molecular flexibility index (Phi) is 4.86. The minimum Gasteiger partial charge on any atom is -0.395 e. The molecule has 0 aliphatic carbocycles. The summed E-state index contributed by atoms with van der Waals surface area (Å²) in [7, 11) is 0. The summed E-state index contributed by atoms with van der Waals surface area (Å²) >= 11 is 5.45. The third-order valence-electron chi connectivity index (χ3n) is 1.78. The molecule has 0 saturated heterocycles. The third kappa shape index (κ3) is 4.01. The van der Waals surface area contributed by atoms with Gasteiger partial charge in [0.25, 0.3) is 0 Å². The molecule has 0 heterocycles. The molecule has 0 spiro atoms. The van der Waals surface area contributed by atoms with E-state index in [-0.39, 0.29) is 23.9 Å². The summed E-state index contributed by atoms with van der Waals surface area (Å²) < 4.78 is 13.0. The fraction of sp³-hybridized carbons (Fsp3) is 0.200. The number of amides is 2. The Morgan fingerprint density at radius 1 is 1.35 bits per heavy atom. The second-order valence-electron chi connectivity index (χ2n) is 3.06. The Morgan fingerprint density at radius 2 is 2.06 bits per heavy atom. The highest BCUT2D eigenvalue weighted by Crippen LogP contribution is 2.18. The van der Waals surface area contributed by atoms with Crippen molar-refractivity contribution in [2.75, 3.05) is 18.5 Å². The molecule has 17 heavy (non-hydrogen) atoms. The number of benzene rings is 1. The highest BCUT2D eigenvalue weighted by molar-refractivity contribution is 6.39. The van der Waals surface area contributed by atoms with E-state index in [1.54, 1.807) is 0 Å². The van der Waals surface area contributed by atoms with Crippen molar-refractivity contribution in [3.8, 4) is 0 Å². The van der Waals surface area contributed by atoms with E-state index in [1.807, 2.05) is 0 Å². The molecule has 0 saturated carbocycles. The van der Waals surface area contributed by atoms with E-state index >= 15 is 0 Å². The van der Waals surface area contributed by atoms with E-state index in [1.165, 1.54) is 12.1 Å². The van der Waals surface area contributed by atoms with Gasteiger partial charge < -0.3 is 15.7 Å². The lowest BCUT2D eigenvalue weighted by Gasteiger charge is -2.05. The first-order chi connectivity index (χ1) is 8.04. The molecular weight excluding hydrogens is 251 g/mol. The number of aliphatic hydroxyl groups excluding tert-OH is 1. The van der Waals surface area contributed by atoms with Crippen LogP contribution < -0.4 is 10.6 Å². The summed E-state index contributed by atoms with van der Waals surface area (Å²) in [5.74, 6) is -2.55. The topological polar surface area (TPSA) is 78.4 Å². The van der Waals surface area contributed by atoms with Crippen molar-refractivity contribution in [3.05, 3.63) is 29.0 Å². The number of hydrogen-bond acceptors (Lipinski definition) is 3. The molecule has 7 heteroatoms. The van der Waals surface area contributed by atoms with Crippen molar-refractivity contribution in [2.45, 2.75) is 0 Å². The Labute approximate surface area is 102 Å². The smallest absolute Gasteiger partial charge is 0.313 e. The quantitative estimate of drug-likeness (QED) is 0.694. The van der Waals surface area contributed by atoms with Crippen molar-refractivity contribution in [2.24, 2.45) is 0 Å². The molecule has 2 amide bonds. The molecule has 0 aromatic heterocycles. The number of aliphatic hydroxyl groups is 1. The first-order valence-corrected chi connectivity index (χ1v) is 5.07. The van der Waals surface area contributed by atoms with Gasteiger partial charge in [-0.3, -0.25) is 9.59 Å². The van der Waals surface area contributed by atoms with Crippen molar-refractivity contribution >= 4 is 29.1 Å². The Hall–Kier alpha value is -1.66. The van der Waals surface area contributed by atoms with E-state index < -0.39 is 17.6 Å². The largest absolute Gasteiger partial charge is 0.395 e. The van der Waals surface area contributed by atoms with Crippen LogP contribution in [0.2, 0.25) is 5.02 Å². The summed E-state index contributed by atoms with van der Waals surface area (Å²) in [6.07, 6.45) is 0. The van der Waals surface area contributed by atoms with Crippen molar-refractivity contribution in [1.82, 2.24) is 5.32 Å². The molecule has 0 aliphatic heterocycles. The molecule has 0 unspecified atom stereocenters. The van der Waals surface area contributed by atoms with E-state index in [9.17, 15) is 14.0 Å². The lowest BCUT2D eigenvalue weighted by Crippen LogP contribution is -2.36. The highest BCUT2D eigenvalue weighted by atomic mass is 35.5. The molecule has 0 atom stereocenters. The molecule has 0 aliphatic rings. The summed E-state index contributed by atoms with van der Waals surface area (Å²) in [5, 5.41) is 12.7. The van der Waals surface area contributed by atoms with Gasteiger partial charge in [-0.1, -0.05) is 11.6 Å². The Morgan fingerprint density at radius 3 is 2.65 bits per heavy atom. The maximum atomic E-state index is 13.0. The van der Waals surface area contributed by atoms with Crippen LogP contribution >= 0.6 is 11.6 Å². The van der Waals surface area contributed by atoms with Crippen molar-refractivity contribution < 1.29 is 19.1 Å². The number of rotatable bonds is 3. The zero-order valence-corrected chi connectivity index (χ0v) is 9.42. The normalized spacial score (nSPS) is 9.82. The van der Waals surface area contributed by atoms with Gasteiger partial charge in [-0.05, 0) is 18.2 Å². The minimum absolute atomic E-state index is 0.0266. The summed E-state index contributed by atoms with van der Waals surface area (Å²) in [6, 6.07) is 3.63. The number of carbonyl (C=O) groups excluding carboxylic acids is 2. The summed E-state index contributed by atoms with van der Waals surface area (Å²) in [4.78, 5) is 22.4. The maximum absolute atomic E-state index is 13.0. The van der Waals surface area contributed by atoms with Crippen molar-refractivity contribution in [1.29, 1.82) is 0 Å². The van der Waals surface area contributed by atoms with Gasteiger partial charge in [0.1, 0.15) is 5.82 Å². The number of carbonyl (C=O) groups is 2. The number of hydrogen-bond donors (Lipinski definition) is 3. The first kappa shape index (κ1) is 13.4. The molecule has 0 fully saturated rings. The van der Waals surface area contributed by atoms with Gasteiger partial charge in [-0.2, -0.15) is 0 Å². The van der Waals surface area contributed by atoms with Crippen LogP contribution in [0.5, 0.6) is 0 Å². The molecule has 1 aromatic rings. The number of halogens is 2. The average molecular weight is 261 g/mol. The van der Waals surface area contributed by atoms with Crippen LogP contribution in [0.3, 0.4) is 0 Å². The maximum Gasteiger partial charge on any atom is 0.313 e. The second kappa shape index (κ2) is 6.17. The fourth-order valence-electron chi connectivity index (χ4n) is 1.01. The molecule has 1 rings (SSSR count). The monoisotopic (exact) mass is 260 g/mol. The molecule has 5 nitrogen and oxygen atoms in total. The summed E-state index contributed by atoms with van der Waals surface area (Å²) in [5.41, 5.74) is 0.121. The lowest BCUT2D eigenvalue weighted by molar-refractivity contribution is -0.136. The molecule has 0 radical (unpaired) electrons. The zero-order valence-electron chi connectivity index (χ0n) is 8.67. The predicted molar refractivity (Wildman–Crippen MR) is 60.1 cm³/mol. The van der Waals surface area contributed by atoms with Gasteiger partial charge >= 0.3 is 11.8 Å². The predicted octanol–water partition coefficient (Wildman–Crippen LogP) is 0.526. The molecule has 3 N–H and O–H groups in total. The zero-order chi connectivity index (χ0) is 12.8. The van der Waals surface area contributed by atoms with Crippen LogP contribution in [-0.2, 0) is 9.59 Å². The SMILES string of the molecule is O=C(NCCO)C(=O)Nc1ccc(Cl)c(F)c1. The molecular formula is C10H10ClFN2O3. The van der Waals surface area contributed by atoms with E-state index in [4.69, 9.17) is 16.7 Å². The number of anilines is 1. The van der Waals surface area contributed by atoms with Gasteiger partial charge in [0.2, 0.25) is 0 Å². The van der Waals surface area contributed by atoms with Gasteiger partial charge in [-0.15, -0.1) is 0 Å². The standard InChI is InChI=1S/C10H10ClFN2O3/c11-7-2-1-6(5-8(7)12)14-10(17)9(16)13-3-4-15/h1-2,5,15H,3-4H2,(H,13,16)(H,14,17). The van der Waals surface area contributed by atoms with Crippen LogP contribution in [0.1, 0.15) is 0 Å². The third-order valence-corrected chi connectivity index (χ3v) is 2.09. The Bertz CT molecular complexity index is 440. The Balaban J connectivity index is 2.61. The first-order valence-electron chi connectivity index (χ1n) is 4.69. The summed E-state index contributed by atoms with van der Waals surface area (Å²) in [6.45, 7) is -0.296. The molecule has 92 valence electrons. The van der Waals surface area contributed by atoms with Gasteiger partial charge in [0.05, 0.1) is 11.6 Å². The van der Waals surface area contributed by atoms with Gasteiger partial charge in [0.15, 0.2) is 0 Å². The van der Waals surface area contributed by atoms with Crippen LogP contribution in [-0.4, -0.2) is 30.1 Å². The minimum atomic E-state index is -0.944. The van der Waals surface area contributed by atoms with Crippen molar-refractivity contribution in [3.63, 3.8) is 0 Å². The van der Waals surface area contributed by atoms with Crippen LogP contribution in [0.25, 0.3) is 0 Å². The molecule has 0 bridgehead atoms. The van der Waals surface area contributed by atoms with Gasteiger partial charge in [0, 0.05) is 12.2 Å². The average Bonchev–Trinajstić information content (AvgIpc) is 2.30. The van der Waals surface area contributed by atoms with Crippen LogP contribution in [0, 0.1) is 5.82 Å². The van der Waals surface area contributed by atoms with Gasteiger partial charge in [-0.25, -0.2) is 4.39 Å². The van der Waals surface area contributed by atoms with E-state index in [2.05, 4.69) is 10.6 Å². The second-order valence-corrected chi connectivity index (χ2v) is 3.47. The molecule has 1 aromatic carbocycles. The highest BCUT2D eigenvalue weighted by Gasteiger charge is 2.13. The van der Waals surface area contributed by atoms with E-state index in [0.717, 1.165) is 6.07 Å². The van der Waals surface area contributed by atoms with E-state index in [0.29, 0.717) is 0 Å².